The van der Waals surface area contributed by atoms with Gasteiger partial charge in [-0.15, -0.1) is 0 Å². The highest BCUT2D eigenvalue weighted by atomic mass is 19.1. The standard InChI is InChI=1S/C15H19FN2O/c1-4-11(5-2)15(19)18(3)14(10-17)12-6-8-13(16)9-7-12/h6-9,11,14H,4-5H2,1-3H3. The van der Waals surface area contributed by atoms with Gasteiger partial charge in [-0.3, -0.25) is 4.79 Å². The zero-order valence-corrected chi connectivity index (χ0v) is 11.6. The van der Waals surface area contributed by atoms with Crippen LogP contribution in [-0.4, -0.2) is 17.9 Å². The lowest BCUT2D eigenvalue weighted by molar-refractivity contribution is -0.135. The fraction of sp³-hybridized carbons (Fsp3) is 0.467. The highest BCUT2D eigenvalue weighted by molar-refractivity contribution is 5.79. The Balaban J connectivity index is 2.94. The molecule has 0 saturated heterocycles. The van der Waals surface area contributed by atoms with Crippen molar-refractivity contribution in [1.29, 1.82) is 5.26 Å². The largest absolute Gasteiger partial charge is 0.326 e. The molecule has 0 radical (unpaired) electrons. The van der Waals surface area contributed by atoms with Crippen LogP contribution >= 0.6 is 0 Å². The van der Waals surface area contributed by atoms with Crippen molar-refractivity contribution in [1.82, 2.24) is 4.90 Å². The molecular formula is C15H19FN2O. The molecule has 102 valence electrons. The second-order valence-electron chi connectivity index (χ2n) is 4.55. The molecule has 1 unspecified atom stereocenters. The molecule has 1 aromatic carbocycles. The van der Waals surface area contributed by atoms with Crippen LogP contribution in [0.5, 0.6) is 0 Å². The number of benzene rings is 1. The predicted octanol–water partition coefficient (Wildman–Crippen LogP) is 3.28. The zero-order chi connectivity index (χ0) is 14.4. The number of nitrogens with zero attached hydrogens (tertiary/aromatic N) is 2. The van der Waals surface area contributed by atoms with Gasteiger partial charge >= 0.3 is 0 Å². The van der Waals surface area contributed by atoms with Crippen molar-refractivity contribution in [3.05, 3.63) is 35.6 Å². The number of hydrogen-bond donors (Lipinski definition) is 0. The molecule has 0 bridgehead atoms. The molecule has 1 aromatic rings. The van der Waals surface area contributed by atoms with Gasteiger partial charge in [-0.2, -0.15) is 5.26 Å². The van der Waals surface area contributed by atoms with Crippen LogP contribution in [0.15, 0.2) is 24.3 Å². The minimum absolute atomic E-state index is 0.0409. The van der Waals surface area contributed by atoms with Crippen LogP contribution in [0.25, 0.3) is 0 Å². The highest BCUT2D eigenvalue weighted by Gasteiger charge is 2.25. The van der Waals surface area contributed by atoms with Crippen molar-refractivity contribution in [3.63, 3.8) is 0 Å². The van der Waals surface area contributed by atoms with E-state index in [1.165, 1.54) is 17.0 Å². The van der Waals surface area contributed by atoms with E-state index < -0.39 is 6.04 Å². The Kier molecular flexibility index (Phi) is 5.50. The lowest BCUT2D eigenvalue weighted by Gasteiger charge is -2.26. The van der Waals surface area contributed by atoms with Gasteiger partial charge in [0, 0.05) is 13.0 Å². The number of carbonyl (C=O) groups excluding carboxylic acids is 1. The smallest absolute Gasteiger partial charge is 0.226 e. The molecule has 4 heteroatoms. The van der Waals surface area contributed by atoms with Crippen LogP contribution in [-0.2, 0) is 4.79 Å². The Bertz CT molecular complexity index is 460. The second kappa shape index (κ2) is 6.89. The Labute approximate surface area is 113 Å². The van der Waals surface area contributed by atoms with Crippen LogP contribution in [0, 0.1) is 23.1 Å². The van der Waals surface area contributed by atoms with E-state index in [0.29, 0.717) is 5.56 Å². The van der Waals surface area contributed by atoms with Crippen molar-refractivity contribution in [2.75, 3.05) is 7.05 Å². The van der Waals surface area contributed by atoms with Crippen molar-refractivity contribution in [3.8, 4) is 6.07 Å². The number of halogens is 1. The Morgan fingerprint density at radius 3 is 2.26 bits per heavy atom. The van der Waals surface area contributed by atoms with Crippen molar-refractivity contribution in [2.45, 2.75) is 32.7 Å². The number of amides is 1. The van der Waals surface area contributed by atoms with Crippen LogP contribution in [0.1, 0.15) is 38.3 Å². The topological polar surface area (TPSA) is 44.1 Å². The van der Waals surface area contributed by atoms with Gasteiger partial charge in [0.15, 0.2) is 0 Å². The van der Waals surface area contributed by atoms with E-state index in [0.717, 1.165) is 12.8 Å². The third kappa shape index (κ3) is 3.54. The highest BCUT2D eigenvalue weighted by Crippen LogP contribution is 2.22. The molecule has 1 amide bonds. The van der Waals surface area contributed by atoms with Gasteiger partial charge in [0.2, 0.25) is 5.91 Å². The minimum atomic E-state index is -0.673. The first-order valence-electron chi connectivity index (χ1n) is 6.46. The summed E-state index contributed by atoms with van der Waals surface area (Å²) in [7, 11) is 1.62. The van der Waals surface area contributed by atoms with E-state index in [4.69, 9.17) is 0 Å². The summed E-state index contributed by atoms with van der Waals surface area (Å²) in [5, 5.41) is 9.26. The van der Waals surface area contributed by atoms with Crippen LogP contribution in [0.2, 0.25) is 0 Å². The molecule has 0 aliphatic rings. The molecular weight excluding hydrogens is 243 g/mol. The van der Waals surface area contributed by atoms with Gasteiger partial charge in [-0.25, -0.2) is 4.39 Å². The number of nitriles is 1. The maximum atomic E-state index is 12.9. The summed E-state index contributed by atoms with van der Waals surface area (Å²) in [6.07, 6.45) is 1.50. The quantitative estimate of drug-likeness (QED) is 0.817. The van der Waals surface area contributed by atoms with E-state index in [-0.39, 0.29) is 17.6 Å². The number of hydrogen-bond acceptors (Lipinski definition) is 2. The third-order valence-corrected chi connectivity index (χ3v) is 3.38. The Hall–Kier alpha value is -1.89. The van der Waals surface area contributed by atoms with Gasteiger partial charge < -0.3 is 4.90 Å². The molecule has 1 atom stereocenters. The molecule has 1 rings (SSSR count). The number of carbonyl (C=O) groups is 1. The first-order valence-corrected chi connectivity index (χ1v) is 6.46. The van der Waals surface area contributed by atoms with Crippen LogP contribution in [0.3, 0.4) is 0 Å². The molecule has 0 fully saturated rings. The molecule has 0 aromatic heterocycles. The third-order valence-electron chi connectivity index (χ3n) is 3.38. The first kappa shape index (κ1) is 15.2. The fourth-order valence-electron chi connectivity index (χ4n) is 2.08. The number of rotatable bonds is 5. The molecule has 3 nitrogen and oxygen atoms in total. The minimum Gasteiger partial charge on any atom is -0.326 e. The van der Waals surface area contributed by atoms with Gasteiger partial charge in [0.05, 0.1) is 6.07 Å². The summed E-state index contributed by atoms with van der Waals surface area (Å²) in [4.78, 5) is 13.7. The molecule has 0 saturated carbocycles. The average molecular weight is 262 g/mol. The first-order chi connectivity index (χ1) is 9.04. The Morgan fingerprint density at radius 1 is 1.32 bits per heavy atom. The average Bonchev–Trinajstić information content (AvgIpc) is 2.42. The maximum Gasteiger partial charge on any atom is 0.226 e. The van der Waals surface area contributed by atoms with Crippen LogP contribution < -0.4 is 0 Å². The van der Waals surface area contributed by atoms with Crippen molar-refractivity contribution in [2.24, 2.45) is 5.92 Å². The maximum absolute atomic E-state index is 12.9. The van der Waals surface area contributed by atoms with Crippen molar-refractivity contribution >= 4 is 5.91 Å². The second-order valence-corrected chi connectivity index (χ2v) is 4.55. The summed E-state index contributed by atoms with van der Waals surface area (Å²) in [6.45, 7) is 3.92. The van der Waals surface area contributed by atoms with E-state index in [2.05, 4.69) is 6.07 Å². The molecule has 0 aliphatic carbocycles. The van der Waals surface area contributed by atoms with Gasteiger partial charge in [0.1, 0.15) is 11.9 Å². The fourth-order valence-corrected chi connectivity index (χ4v) is 2.08. The van der Waals surface area contributed by atoms with E-state index in [1.54, 1.807) is 19.2 Å². The SMILES string of the molecule is CCC(CC)C(=O)N(C)C(C#N)c1ccc(F)cc1. The summed E-state index contributed by atoms with van der Waals surface area (Å²) < 4.78 is 12.9. The van der Waals surface area contributed by atoms with E-state index in [9.17, 15) is 14.4 Å². The van der Waals surface area contributed by atoms with E-state index in [1.807, 2.05) is 13.8 Å². The summed E-state index contributed by atoms with van der Waals surface area (Å²) in [5.41, 5.74) is 0.630. The Morgan fingerprint density at radius 2 is 1.84 bits per heavy atom. The molecule has 19 heavy (non-hydrogen) atoms. The van der Waals surface area contributed by atoms with E-state index >= 15 is 0 Å². The normalized spacial score (nSPS) is 12.0. The summed E-state index contributed by atoms with van der Waals surface area (Å²) in [6, 6.07) is 7.12. The van der Waals surface area contributed by atoms with Crippen LogP contribution in [0.4, 0.5) is 4.39 Å². The summed E-state index contributed by atoms with van der Waals surface area (Å²) in [5.74, 6) is -0.461. The summed E-state index contributed by atoms with van der Waals surface area (Å²) >= 11 is 0. The predicted molar refractivity (Wildman–Crippen MR) is 71.6 cm³/mol. The lowest BCUT2D eigenvalue weighted by Crippen LogP contribution is -2.35. The van der Waals surface area contributed by atoms with Gasteiger partial charge in [-0.05, 0) is 30.5 Å². The lowest BCUT2D eigenvalue weighted by atomic mass is 9.99. The molecule has 0 heterocycles. The van der Waals surface area contributed by atoms with Gasteiger partial charge in [0.25, 0.3) is 0 Å². The zero-order valence-electron chi connectivity index (χ0n) is 11.6. The molecule has 0 N–H and O–H groups in total. The van der Waals surface area contributed by atoms with Crippen molar-refractivity contribution < 1.29 is 9.18 Å². The molecule has 0 spiro atoms. The monoisotopic (exact) mass is 262 g/mol. The molecule has 0 aliphatic heterocycles. The van der Waals surface area contributed by atoms with Gasteiger partial charge in [-0.1, -0.05) is 26.0 Å².